The number of rotatable bonds is 9. The van der Waals surface area contributed by atoms with E-state index in [9.17, 15) is 0 Å². The molecule has 3 aromatic rings. The van der Waals surface area contributed by atoms with Gasteiger partial charge in [0.2, 0.25) is 11.8 Å². The molecule has 0 spiro atoms. The molecule has 1 aromatic carbocycles. The number of fused-ring (bicyclic) bond motifs is 1. The predicted molar refractivity (Wildman–Crippen MR) is 152 cm³/mol. The lowest BCUT2D eigenvalue weighted by Gasteiger charge is -2.31. The van der Waals surface area contributed by atoms with Crippen LogP contribution in [0.1, 0.15) is 25.7 Å². The van der Waals surface area contributed by atoms with E-state index in [1.807, 2.05) is 0 Å². The van der Waals surface area contributed by atoms with Crippen molar-refractivity contribution in [3.8, 4) is 11.6 Å². The maximum absolute atomic E-state index is 6.54. The van der Waals surface area contributed by atoms with Crippen LogP contribution in [-0.4, -0.2) is 97.6 Å². The van der Waals surface area contributed by atoms with E-state index in [-0.39, 0.29) is 6.10 Å². The van der Waals surface area contributed by atoms with Gasteiger partial charge in [-0.1, -0.05) is 18.2 Å². The summed E-state index contributed by atoms with van der Waals surface area (Å²) in [5.41, 5.74) is 0. The number of anilines is 2. The first-order valence-electron chi connectivity index (χ1n) is 14.3. The summed E-state index contributed by atoms with van der Waals surface area (Å²) in [6.07, 6.45) is 7.59. The Morgan fingerprint density at radius 2 is 1.74 bits per heavy atom. The quantitative estimate of drug-likeness (QED) is 0.427. The molecule has 0 amide bonds. The number of piperazine rings is 1. The molecular formula is C29H39N7O3. The highest BCUT2D eigenvalue weighted by Gasteiger charge is 2.25. The lowest BCUT2D eigenvalue weighted by molar-refractivity contribution is 0.122. The summed E-state index contributed by atoms with van der Waals surface area (Å²) < 4.78 is 17.9. The predicted octanol–water partition coefficient (Wildman–Crippen LogP) is 2.95. The maximum Gasteiger partial charge on any atom is 0.223 e. The number of nitrogens with one attached hydrogen (secondary N) is 2. The smallest absolute Gasteiger partial charge is 0.223 e. The molecule has 2 aromatic heterocycles. The second-order valence-electron chi connectivity index (χ2n) is 10.5. The standard InChI is InChI=1S/C29H39N7O3/c1-2-4-26-22(3-1)19-27(36-14-16-37-17-15-36)34-28(26)39-24-7-5-23(6-8-24)33-29-31-20-25(21-32-29)38-18-13-35-11-9-30-10-12-35/h1-4,19-21,23-24,30H,5-18H2,(H,31,32,33)/t23-,24+. The fourth-order valence-electron chi connectivity index (χ4n) is 5.56. The van der Waals surface area contributed by atoms with E-state index in [1.54, 1.807) is 12.4 Å². The van der Waals surface area contributed by atoms with Crippen LogP contribution in [0.4, 0.5) is 11.8 Å². The van der Waals surface area contributed by atoms with Gasteiger partial charge in [-0.05, 0) is 43.2 Å². The zero-order chi connectivity index (χ0) is 26.3. The highest BCUT2D eigenvalue weighted by atomic mass is 16.5. The zero-order valence-electron chi connectivity index (χ0n) is 22.6. The molecule has 2 N–H and O–H groups in total. The Morgan fingerprint density at radius 3 is 2.54 bits per heavy atom. The number of nitrogens with zero attached hydrogens (tertiary/aromatic N) is 5. The molecule has 1 aliphatic carbocycles. The van der Waals surface area contributed by atoms with Gasteiger partial charge in [-0.2, -0.15) is 4.98 Å². The van der Waals surface area contributed by atoms with Gasteiger partial charge in [0.1, 0.15) is 18.5 Å². The number of pyridine rings is 1. The molecule has 0 bridgehead atoms. The van der Waals surface area contributed by atoms with Gasteiger partial charge < -0.3 is 29.7 Å². The Morgan fingerprint density at radius 1 is 0.974 bits per heavy atom. The second-order valence-corrected chi connectivity index (χ2v) is 10.5. The lowest BCUT2D eigenvalue weighted by atomic mass is 9.93. The summed E-state index contributed by atoms with van der Waals surface area (Å²) in [4.78, 5) is 18.6. The molecule has 4 heterocycles. The van der Waals surface area contributed by atoms with Crippen LogP contribution in [0.25, 0.3) is 10.8 Å². The molecule has 3 aliphatic rings. The SMILES string of the molecule is c1ccc2c(O[C@H]3CC[C@@H](Nc4ncc(OCCN5CCNCC5)cn4)CC3)nc(N3CCOCC3)cc2c1. The minimum Gasteiger partial charge on any atom is -0.489 e. The average molecular weight is 534 g/mol. The van der Waals surface area contributed by atoms with Crippen LogP contribution in [-0.2, 0) is 4.74 Å². The third-order valence-corrected chi connectivity index (χ3v) is 7.83. The van der Waals surface area contributed by atoms with Gasteiger partial charge in [0, 0.05) is 57.2 Å². The molecule has 6 rings (SSSR count). The summed E-state index contributed by atoms with van der Waals surface area (Å²) in [6, 6.07) is 10.8. The van der Waals surface area contributed by atoms with Crippen molar-refractivity contribution in [3.05, 3.63) is 42.7 Å². The van der Waals surface area contributed by atoms with Crippen molar-refractivity contribution in [1.82, 2.24) is 25.2 Å². The first kappa shape index (κ1) is 26.0. The van der Waals surface area contributed by atoms with E-state index in [0.29, 0.717) is 24.3 Å². The fraction of sp³-hybridized carbons (Fsp3) is 0.552. The third-order valence-electron chi connectivity index (χ3n) is 7.83. The van der Waals surface area contributed by atoms with Crippen LogP contribution in [0.5, 0.6) is 11.6 Å². The van der Waals surface area contributed by atoms with E-state index in [4.69, 9.17) is 19.2 Å². The Bertz CT molecular complexity index is 1190. The number of ether oxygens (including phenoxy) is 3. The Labute approximate surface area is 230 Å². The Balaban J connectivity index is 0.996. The van der Waals surface area contributed by atoms with Crippen molar-refractivity contribution in [2.24, 2.45) is 0 Å². The third kappa shape index (κ3) is 6.87. The van der Waals surface area contributed by atoms with E-state index in [2.05, 4.69) is 60.7 Å². The van der Waals surface area contributed by atoms with Gasteiger partial charge in [0.25, 0.3) is 0 Å². The molecule has 0 radical (unpaired) electrons. The summed E-state index contributed by atoms with van der Waals surface area (Å²) in [5, 5.41) is 9.10. The van der Waals surface area contributed by atoms with E-state index >= 15 is 0 Å². The first-order valence-corrected chi connectivity index (χ1v) is 14.3. The minimum absolute atomic E-state index is 0.145. The molecule has 10 nitrogen and oxygen atoms in total. The average Bonchev–Trinajstić information content (AvgIpc) is 3.00. The van der Waals surface area contributed by atoms with Gasteiger partial charge >= 0.3 is 0 Å². The van der Waals surface area contributed by atoms with Crippen molar-refractivity contribution in [2.75, 3.05) is 75.9 Å². The van der Waals surface area contributed by atoms with E-state index in [1.165, 1.54) is 0 Å². The van der Waals surface area contributed by atoms with Crippen molar-refractivity contribution in [3.63, 3.8) is 0 Å². The fourth-order valence-corrected chi connectivity index (χ4v) is 5.56. The zero-order valence-corrected chi connectivity index (χ0v) is 22.6. The summed E-state index contributed by atoms with van der Waals surface area (Å²) in [6.45, 7) is 9.00. The normalized spacial score (nSPS) is 22.5. The van der Waals surface area contributed by atoms with E-state index in [0.717, 1.165) is 107 Å². The van der Waals surface area contributed by atoms with Crippen LogP contribution < -0.4 is 25.0 Å². The highest BCUT2D eigenvalue weighted by molar-refractivity contribution is 5.89. The van der Waals surface area contributed by atoms with Gasteiger partial charge in [-0.15, -0.1) is 0 Å². The van der Waals surface area contributed by atoms with Crippen molar-refractivity contribution in [2.45, 2.75) is 37.8 Å². The Kier molecular flexibility index (Phi) is 8.52. The number of hydrogen-bond donors (Lipinski definition) is 2. The van der Waals surface area contributed by atoms with Crippen molar-refractivity contribution >= 4 is 22.5 Å². The van der Waals surface area contributed by atoms with Crippen LogP contribution in [0.2, 0.25) is 0 Å². The topological polar surface area (TPSA) is 96.9 Å². The monoisotopic (exact) mass is 533 g/mol. The molecule has 39 heavy (non-hydrogen) atoms. The largest absolute Gasteiger partial charge is 0.489 e. The van der Waals surface area contributed by atoms with E-state index < -0.39 is 0 Å². The van der Waals surface area contributed by atoms with Crippen LogP contribution >= 0.6 is 0 Å². The number of benzene rings is 1. The molecule has 10 heteroatoms. The molecule has 0 atom stereocenters. The number of morpholine rings is 1. The summed E-state index contributed by atoms with van der Waals surface area (Å²) >= 11 is 0. The molecule has 1 saturated carbocycles. The Hall–Kier alpha value is -3.21. The molecule has 208 valence electrons. The van der Waals surface area contributed by atoms with Crippen LogP contribution in [0, 0.1) is 0 Å². The molecular weight excluding hydrogens is 494 g/mol. The molecule has 2 aliphatic heterocycles. The number of hydrogen-bond acceptors (Lipinski definition) is 10. The molecule has 2 saturated heterocycles. The summed E-state index contributed by atoms with van der Waals surface area (Å²) in [5.74, 6) is 3.07. The van der Waals surface area contributed by atoms with Crippen molar-refractivity contribution < 1.29 is 14.2 Å². The lowest BCUT2D eigenvalue weighted by Crippen LogP contribution is -2.44. The second kappa shape index (κ2) is 12.8. The first-order chi connectivity index (χ1) is 19.3. The maximum atomic E-state index is 6.54. The van der Waals surface area contributed by atoms with Gasteiger partial charge in [0.05, 0.1) is 25.6 Å². The van der Waals surface area contributed by atoms with Crippen LogP contribution in [0.15, 0.2) is 42.7 Å². The van der Waals surface area contributed by atoms with Crippen molar-refractivity contribution in [1.29, 1.82) is 0 Å². The number of aromatic nitrogens is 3. The van der Waals surface area contributed by atoms with Crippen LogP contribution in [0.3, 0.4) is 0 Å². The molecule has 0 unspecified atom stereocenters. The molecule has 3 fully saturated rings. The summed E-state index contributed by atoms with van der Waals surface area (Å²) in [7, 11) is 0. The minimum atomic E-state index is 0.145. The van der Waals surface area contributed by atoms with Gasteiger partial charge in [-0.3, -0.25) is 4.90 Å². The van der Waals surface area contributed by atoms with Gasteiger partial charge in [-0.25, -0.2) is 9.97 Å². The highest BCUT2D eigenvalue weighted by Crippen LogP contribution is 2.32. The van der Waals surface area contributed by atoms with Gasteiger partial charge in [0.15, 0.2) is 5.75 Å².